The molecule has 1 nitrogen and oxygen atoms in total. The van der Waals surface area contributed by atoms with Crippen molar-refractivity contribution in [1.29, 1.82) is 0 Å². The van der Waals surface area contributed by atoms with Gasteiger partial charge in [0.05, 0.1) is 5.78 Å². The fourth-order valence-electron chi connectivity index (χ4n) is 1.78. The first kappa shape index (κ1) is 12.2. The molecule has 3 heteroatoms. The molecule has 17 heavy (non-hydrogen) atoms. The van der Waals surface area contributed by atoms with Crippen LogP contribution < -0.4 is 16.3 Å². The zero-order chi connectivity index (χ0) is 12.1. The van der Waals surface area contributed by atoms with Gasteiger partial charge in [0.2, 0.25) is 0 Å². The van der Waals surface area contributed by atoms with Gasteiger partial charge < -0.3 is 5.73 Å². The monoisotopic (exact) mass is 247 g/mol. The van der Waals surface area contributed by atoms with Crippen LogP contribution in [-0.2, 0) is 0 Å². The highest BCUT2D eigenvalue weighted by Gasteiger charge is 2.20. The van der Waals surface area contributed by atoms with E-state index in [1.54, 1.807) is 0 Å². The third-order valence-corrected chi connectivity index (χ3v) is 5.07. The van der Waals surface area contributed by atoms with Crippen LogP contribution in [0.2, 0.25) is 0 Å². The predicted molar refractivity (Wildman–Crippen MR) is 73.0 cm³/mol. The van der Waals surface area contributed by atoms with Gasteiger partial charge in [-0.05, 0) is 18.5 Å². The van der Waals surface area contributed by atoms with Crippen LogP contribution in [0.5, 0.6) is 0 Å². The average molecular weight is 247 g/mol. The van der Waals surface area contributed by atoms with Crippen molar-refractivity contribution in [2.24, 2.45) is 5.73 Å². The van der Waals surface area contributed by atoms with Crippen LogP contribution in [0.25, 0.3) is 0 Å². The van der Waals surface area contributed by atoms with Crippen molar-refractivity contribution in [3.05, 3.63) is 60.7 Å². The van der Waals surface area contributed by atoms with E-state index < -0.39 is 20.4 Å². The Morgan fingerprint density at radius 3 is 1.65 bits per heavy atom. The second kappa shape index (κ2) is 5.90. The number of nitrogens with two attached hydrogens (primary N) is 1. The maximum Gasteiger partial charge on any atom is 0.109 e. The van der Waals surface area contributed by atoms with E-state index >= 15 is 0 Å². The second-order valence-electron chi connectivity index (χ2n) is 3.76. The first-order valence-corrected chi connectivity index (χ1v) is 6.95. The minimum atomic E-state index is -0.809. The van der Waals surface area contributed by atoms with Gasteiger partial charge in [-0.2, -0.15) is 0 Å². The molecule has 0 aliphatic rings. The highest BCUT2D eigenvalue weighted by molar-refractivity contribution is 7.73. The van der Waals surface area contributed by atoms with Crippen molar-refractivity contribution >= 4 is 18.5 Å². The van der Waals surface area contributed by atoms with Crippen molar-refractivity contribution < 1.29 is 4.39 Å². The van der Waals surface area contributed by atoms with Gasteiger partial charge in [-0.3, -0.25) is 0 Å². The minimum Gasteiger partial charge on any atom is -0.321 e. The Balaban J connectivity index is 2.39. The van der Waals surface area contributed by atoms with Crippen molar-refractivity contribution in [2.45, 2.75) is 5.78 Å². The number of hydrogen-bond acceptors (Lipinski definition) is 1. The van der Waals surface area contributed by atoms with Crippen molar-refractivity contribution in [3.8, 4) is 0 Å². The smallest absolute Gasteiger partial charge is 0.109 e. The molecule has 2 aromatic carbocycles. The fourth-order valence-corrected chi connectivity index (χ4v) is 3.97. The summed E-state index contributed by atoms with van der Waals surface area (Å²) in [5, 5.41) is 2.25. The first-order chi connectivity index (χ1) is 8.33. The third-order valence-electron chi connectivity index (χ3n) is 2.56. The lowest BCUT2D eigenvalue weighted by molar-refractivity contribution is 0.486. The molecule has 0 bridgehead atoms. The first-order valence-electron chi connectivity index (χ1n) is 5.54. The second-order valence-corrected chi connectivity index (χ2v) is 6.20. The molecule has 1 unspecified atom stereocenters. The lowest BCUT2D eigenvalue weighted by Gasteiger charge is -2.23. The Morgan fingerprint density at radius 1 is 0.882 bits per heavy atom. The van der Waals surface area contributed by atoms with E-state index in [4.69, 9.17) is 5.73 Å². The standard InChI is InChI=1S/C14H15FNP/c15-11-14(16)17(12-7-3-1-4-8-12)13-9-5-2-6-10-13/h1-10,14H,11,16H2. The van der Waals surface area contributed by atoms with Gasteiger partial charge in [-0.25, -0.2) is 4.39 Å². The Hall–Kier alpha value is -1.24. The molecule has 2 N–H and O–H groups in total. The molecule has 0 saturated carbocycles. The third kappa shape index (κ3) is 2.91. The highest BCUT2D eigenvalue weighted by Crippen LogP contribution is 2.36. The van der Waals surface area contributed by atoms with E-state index in [1.807, 2.05) is 60.7 Å². The number of benzene rings is 2. The number of alkyl halides is 1. The summed E-state index contributed by atoms with van der Waals surface area (Å²) in [6.07, 6.45) is 0. The normalized spacial score (nSPS) is 12.6. The summed E-state index contributed by atoms with van der Waals surface area (Å²) in [5.74, 6) is -0.435. The molecular weight excluding hydrogens is 232 g/mol. The number of halogens is 1. The highest BCUT2D eigenvalue weighted by atomic mass is 31.1. The molecule has 0 spiro atoms. The molecule has 2 aromatic rings. The quantitative estimate of drug-likeness (QED) is 0.825. The van der Waals surface area contributed by atoms with E-state index in [1.165, 1.54) is 0 Å². The average Bonchev–Trinajstić information content (AvgIpc) is 2.41. The van der Waals surface area contributed by atoms with Gasteiger partial charge in [0.1, 0.15) is 6.67 Å². The molecule has 0 fully saturated rings. The largest absolute Gasteiger partial charge is 0.321 e. The maximum atomic E-state index is 12.9. The molecule has 2 rings (SSSR count). The zero-order valence-electron chi connectivity index (χ0n) is 9.46. The van der Waals surface area contributed by atoms with Crippen LogP contribution in [0.4, 0.5) is 4.39 Å². The number of rotatable bonds is 4. The zero-order valence-corrected chi connectivity index (χ0v) is 10.4. The van der Waals surface area contributed by atoms with Gasteiger partial charge in [0.25, 0.3) is 0 Å². The summed E-state index contributed by atoms with van der Waals surface area (Å²) in [7, 11) is -0.809. The van der Waals surface area contributed by atoms with E-state index in [0.717, 1.165) is 10.6 Å². The SMILES string of the molecule is NC(CF)P(c1ccccc1)c1ccccc1. The Kier molecular flexibility index (Phi) is 4.24. The molecule has 0 aliphatic carbocycles. The van der Waals surface area contributed by atoms with Crippen LogP contribution in [0.1, 0.15) is 0 Å². The van der Waals surface area contributed by atoms with Gasteiger partial charge in [-0.15, -0.1) is 0 Å². The van der Waals surface area contributed by atoms with Crippen LogP contribution in [0.15, 0.2) is 60.7 Å². The lowest BCUT2D eigenvalue weighted by Crippen LogP contribution is -2.30. The summed E-state index contributed by atoms with van der Waals surface area (Å²) in [5.41, 5.74) is 5.94. The Bertz CT molecular complexity index is 407. The van der Waals surface area contributed by atoms with Crippen LogP contribution in [-0.4, -0.2) is 12.5 Å². The van der Waals surface area contributed by atoms with Crippen molar-refractivity contribution in [1.82, 2.24) is 0 Å². The van der Waals surface area contributed by atoms with Gasteiger partial charge in [-0.1, -0.05) is 60.7 Å². The molecule has 0 heterocycles. The van der Waals surface area contributed by atoms with Crippen LogP contribution in [0, 0.1) is 0 Å². The molecule has 0 aliphatic heterocycles. The lowest BCUT2D eigenvalue weighted by atomic mass is 10.4. The Labute approximate surface area is 102 Å². The van der Waals surface area contributed by atoms with Gasteiger partial charge >= 0.3 is 0 Å². The summed E-state index contributed by atoms with van der Waals surface area (Å²) in [6, 6.07) is 19.9. The number of hydrogen-bond donors (Lipinski definition) is 1. The maximum absolute atomic E-state index is 12.9. The fraction of sp³-hybridized carbons (Fsp3) is 0.143. The molecule has 0 amide bonds. The van der Waals surface area contributed by atoms with E-state index in [9.17, 15) is 4.39 Å². The van der Waals surface area contributed by atoms with Crippen molar-refractivity contribution in [2.75, 3.05) is 6.67 Å². The van der Waals surface area contributed by atoms with E-state index in [-0.39, 0.29) is 0 Å². The summed E-state index contributed by atoms with van der Waals surface area (Å²) in [6.45, 7) is -0.491. The molecule has 0 radical (unpaired) electrons. The van der Waals surface area contributed by atoms with E-state index in [2.05, 4.69) is 0 Å². The molecule has 0 aromatic heterocycles. The minimum absolute atomic E-state index is 0.435. The molecule has 88 valence electrons. The van der Waals surface area contributed by atoms with Crippen molar-refractivity contribution in [3.63, 3.8) is 0 Å². The topological polar surface area (TPSA) is 26.0 Å². The van der Waals surface area contributed by atoms with Crippen LogP contribution in [0.3, 0.4) is 0 Å². The summed E-state index contributed by atoms with van der Waals surface area (Å²) in [4.78, 5) is 0. The van der Waals surface area contributed by atoms with E-state index in [0.29, 0.717) is 0 Å². The molecule has 1 atom stereocenters. The molecule has 0 saturated heterocycles. The summed E-state index contributed by atoms with van der Waals surface area (Å²) < 4.78 is 12.9. The van der Waals surface area contributed by atoms with Gasteiger partial charge in [0.15, 0.2) is 0 Å². The molecular formula is C14H15FNP. The summed E-state index contributed by atoms with van der Waals surface area (Å²) >= 11 is 0. The van der Waals surface area contributed by atoms with Crippen LogP contribution >= 0.6 is 7.92 Å². The Morgan fingerprint density at radius 2 is 1.29 bits per heavy atom. The van der Waals surface area contributed by atoms with Gasteiger partial charge in [0, 0.05) is 0 Å². The predicted octanol–water partition coefficient (Wildman–Crippen LogP) is 2.37.